The number of nitrogens with one attached hydrogen (secondary N) is 2. The second-order valence-corrected chi connectivity index (χ2v) is 3.23. The highest BCUT2D eigenvalue weighted by Gasteiger charge is 1.89. The number of hydrogen-bond donors (Lipinski definition) is 3. The van der Waals surface area contributed by atoms with Gasteiger partial charge in [-0.05, 0) is 32.0 Å². The van der Waals surface area contributed by atoms with E-state index in [9.17, 15) is 0 Å². The molecular weight excluding hydrogens is 174 g/mol. The van der Waals surface area contributed by atoms with E-state index in [1.807, 2.05) is 19.1 Å². The summed E-state index contributed by atoms with van der Waals surface area (Å²) in [5.41, 5.74) is 6.49. The van der Waals surface area contributed by atoms with E-state index in [1.54, 1.807) is 0 Å². The van der Waals surface area contributed by atoms with E-state index in [2.05, 4.69) is 17.2 Å². The topological polar surface area (TPSA) is 50.1 Å². The van der Waals surface area contributed by atoms with Crippen molar-refractivity contribution in [3.8, 4) is 0 Å². The van der Waals surface area contributed by atoms with E-state index in [0.29, 0.717) is 0 Å². The van der Waals surface area contributed by atoms with Crippen LogP contribution in [0.3, 0.4) is 0 Å². The second-order valence-electron chi connectivity index (χ2n) is 3.23. The predicted molar refractivity (Wildman–Crippen MR) is 63.4 cm³/mol. The quantitative estimate of drug-likeness (QED) is 0.376. The molecule has 0 saturated carbocycles. The first kappa shape index (κ1) is 13.4. The molecule has 0 aliphatic heterocycles. The number of nitrogens with two attached hydrogens (primary N) is 1. The summed E-state index contributed by atoms with van der Waals surface area (Å²) < 4.78 is 0. The fourth-order valence-corrected chi connectivity index (χ4v) is 1.07. The fraction of sp³-hybridized carbons (Fsp3) is 0.636. The third-order valence-corrected chi connectivity index (χ3v) is 1.79. The summed E-state index contributed by atoms with van der Waals surface area (Å²) in [4.78, 5) is 0. The molecule has 3 heteroatoms. The van der Waals surface area contributed by atoms with Crippen molar-refractivity contribution < 1.29 is 0 Å². The summed E-state index contributed by atoms with van der Waals surface area (Å²) in [5, 5.41) is 6.60. The third kappa shape index (κ3) is 9.45. The van der Waals surface area contributed by atoms with Crippen LogP contribution in [0.25, 0.3) is 0 Å². The van der Waals surface area contributed by atoms with Gasteiger partial charge in [0.2, 0.25) is 0 Å². The molecule has 0 bridgehead atoms. The van der Waals surface area contributed by atoms with Gasteiger partial charge >= 0.3 is 0 Å². The molecule has 0 aromatic rings. The Hall–Kier alpha value is -0.640. The largest absolute Gasteiger partial charge is 0.330 e. The highest BCUT2D eigenvalue weighted by Crippen LogP contribution is 1.88. The lowest BCUT2D eigenvalue weighted by Gasteiger charge is -2.05. The van der Waals surface area contributed by atoms with Crippen LogP contribution in [0.2, 0.25) is 0 Å². The van der Waals surface area contributed by atoms with Crippen LogP contribution in [-0.4, -0.2) is 32.7 Å². The van der Waals surface area contributed by atoms with E-state index < -0.39 is 0 Å². The van der Waals surface area contributed by atoms with Gasteiger partial charge in [-0.25, -0.2) is 0 Å². The van der Waals surface area contributed by atoms with Crippen LogP contribution in [-0.2, 0) is 0 Å². The van der Waals surface area contributed by atoms with Crippen LogP contribution >= 0.6 is 0 Å². The Morgan fingerprint density at radius 2 is 2.00 bits per heavy atom. The minimum atomic E-state index is 0.762. The van der Waals surface area contributed by atoms with Crippen molar-refractivity contribution in [1.82, 2.24) is 10.6 Å². The molecule has 0 aromatic heterocycles. The molecule has 0 fully saturated rings. The average Bonchev–Trinajstić information content (AvgIpc) is 2.17. The monoisotopic (exact) mass is 197 g/mol. The number of rotatable bonds is 9. The Labute approximate surface area is 87.4 Å². The summed E-state index contributed by atoms with van der Waals surface area (Å²) in [6.45, 7) is 10.5. The van der Waals surface area contributed by atoms with Crippen molar-refractivity contribution in [1.29, 1.82) is 0 Å². The normalized spacial score (nSPS) is 11.0. The maximum atomic E-state index is 5.37. The summed E-state index contributed by atoms with van der Waals surface area (Å²) in [5.74, 6) is 0. The Morgan fingerprint density at radius 1 is 1.29 bits per heavy atom. The van der Waals surface area contributed by atoms with Gasteiger partial charge in [0.15, 0.2) is 0 Å². The standard InChI is InChI=1S/C11H23N3/c1-3-5-11(2)10-14-9-8-13-7-4-6-12/h3,5,13-14H,2,4,6-10,12H2,1H3. The van der Waals surface area contributed by atoms with Crippen LogP contribution < -0.4 is 16.4 Å². The van der Waals surface area contributed by atoms with Crippen LogP contribution in [0, 0.1) is 0 Å². The smallest absolute Gasteiger partial charge is 0.0200 e. The zero-order valence-electron chi connectivity index (χ0n) is 9.18. The van der Waals surface area contributed by atoms with Crippen molar-refractivity contribution in [2.75, 3.05) is 32.7 Å². The molecule has 0 aromatic carbocycles. The molecule has 0 unspecified atom stereocenters. The molecule has 0 rings (SSSR count). The van der Waals surface area contributed by atoms with Crippen LogP contribution in [0.4, 0.5) is 0 Å². The highest BCUT2D eigenvalue weighted by atomic mass is 14.9. The molecule has 14 heavy (non-hydrogen) atoms. The Morgan fingerprint density at radius 3 is 2.64 bits per heavy atom. The zero-order valence-corrected chi connectivity index (χ0v) is 9.18. The van der Waals surface area contributed by atoms with Crippen molar-refractivity contribution >= 4 is 0 Å². The lowest BCUT2D eigenvalue weighted by atomic mass is 10.3. The van der Waals surface area contributed by atoms with E-state index in [-0.39, 0.29) is 0 Å². The van der Waals surface area contributed by atoms with Gasteiger partial charge in [0.1, 0.15) is 0 Å². The average molecular weight is 197 g/mol. The number of allylic oxidation sites excluding steroid dienone is 1. The van der Waals surface area contributed by atoms with E-state index in [4.69, 9.17) is 5.73 Å². The zero-order chi connectivity index (χ0) is 10.6. The Bertz CT molecular complexity index is 164. The molecule has 0 atom stereocenters. The summed E-state index contributed by atoms with van der Waals surface area (Å²) in [6.07, 6.45) is 5.07. The van der Waals surface area contributed by atoms with Crippen molar-refractivity contribution in [3.05, 3.63) is 24.3 Å². The molecule has 0 radical (unpaired) electrons. The molecular formula is C11H23N3. The predicted octanol–water partition coefficient (Wildman–Crippen LogP) is 0.647. The first-order valence-electron chi connectivity index (χ1n) is 5.23. The van der Waals surface area contributed by atoms with Crippen LogP contribution in [0.1, 0.15) is 13.3 Å². The van der Waals surface area contributed by atoms with Gasteiger partial charge < -0.3 is 16.4 Å². The van der Waals surface area contributed by atoms with Crippen molar-refractivity contribution in [2.45, 2.75) is 13.3 Å². The fourth-order valence-electron chi connectivity index (χ4n) is 1.07. The molecule has 82 valence electrons. The lowest BCUT2D eigenvalue weighted by Crippen LogP contribution is -2.29. The molecule has 0 heterocycles. The van der Waals surface area contributed by atoms with Gasteiger partial charge in [-0.3, -0.25) is 0 Å². The molecule has 0 saturated heterocycles. The SMILES string of the molecule is C=C(C=CC)CNCCNCCCN. The van der Waals surface area contributed by atoms with Crippen LogP contribution in [0.15, 0.2) is 24.3 Å². The van der Waals surface area contributed by atoms with Gasteiger partial charge in [0.05, 0.1) is 0 Å². The maximum absolute atomic E-state index is 5.37. The first-order chi connectivity index (χ1) is 6.81. The first-order valence-corrected chi connectivity index (χ1v) is 5.23. The Balaban J connectivity index is 3.09. The van der Waals surface area contributed by atoms with Crippen LogP contribution in [0.5, 0.6) is 0 Å². The van der Waals surface area contributed by atoms with Crippen molar-refractivity contribution in [3.63, 3.8) is 0 Å². The van der Waals surface area contributed by atoms with Gasteiger partial charge in [-0.15, -0.1) is 0 Å². The summed E-state index contributed by atoms with van der Waals surface area (Å²) >= 11 is 0. The van der Waals surface area contributed by atoms with Gasteiger partial charge in [-0.2, -0.15) is 0 Å². The molecule has 3 nitrogen and oxygen atoms in total. The molecule has 0 amide bonds. The molecule has 0 aliphatic rings. The lowest BCUT2D eigenvalue weighted by molar-refractivity contribution is 0.615. The van der Waals surface area contributed by atoms with Gasteiger partial charge in [0.25, 0.3) is 0 Å². The molecule has 4 N–H and O–H groups in total. The molecule has 0 spiro atoms. The number of hydrogen-bond acceptors (Lipinski definition) is 3. The Kier molecular flexibility index (Phi) is 9.96. The minimum Gasteiger partial charge on any atom is -0.330 e. The maximum Gasteiger partial charge on any atom is 0.0200 e. The van der Waals surface area contributed by atoms with E-state index in [0.717, 1.165) is 44.7 Å². The second kappa shape index (κ2) is 10.4. The summed E-state index contributed by atoms with van der Waals surface area (Å²) in [7, 11) is 0. The van der Waals surface area contributed by atoms with E-state index >= 15 is 0 Å². The summed E-state index contributed by atoms with van der Waals surface area (Å²) in [6, 6.07) is 0. The molecule has 0 aliphatic carbocycles. The van der Waals surface area contributed by atoms with E-state index in [1.165, 1.54) is 0 Å². The van der Waals surface area contributed by atoms with Crippen molar-refractivity contribution in [2.24, 2.45) is 5.73 Å². The van der Waals surface area contributed by atoms with Gasteiger partial charge in [0, 0.05) is 19.6 Å². The third-order valence-electron chi connectivity index (χ3n) is 1.79. The minimum absolute atomic E-state index is 0.762. The highest BCUT2D eigenvalue weighted by molar-refractivity contribution is 5.14. The van der Waals surface area contributed by atoms with Gasteiger partial charge in [-0.1, -0.05) is 18.7 Å².